The minimum atomic E-state index is -3.54. The van der Waals surface area contributed by atoms with Crippen molar-refractivity contribution < 1.29 is 22.4 Å². The molecule has 0 saturated heterocycles. The Morgan fingerprint density at radius 1 is 1.06 bits per heavy atom. The van der Waals surface area contributed by atoms with Crippen LogP contribution >= 0.6 is 11.8 Å². The molecule has 1 heterocycles. The zero-order chi connectivity index (χ0) is 23.8. The fraction of sp³-hybridized carbons (Fsp3) is 0.318. The Morgan fingerprint density at radius 3 is 2.42 bits per heavy atom. The first-order valence-electron chi connectivity index (χ1n) is 10.5. The van der Waals surface area contributed by atoms with Crippen LogP contribution in [0.15, 0.2) is 63.1 Å². The van der Waals surface area contributed by atoms with Crippen LogP contribution in [-0.4, -0.2) is 54.3 Å². The number of thioether (sulfide) groups is 1. The van der Waals surface area contributed by atoms with Gasteiger partial charge in [-0.2, -0.15) is 4.31 Å². The number of nitrogens with one attached hydrogen (secondary N) is 1. The molecule has 0 saturated carbocycles. The van der Waals surface area contributed by atoms with Gasteiger partial charge in [0.15, 0.2) is 0 Å². The van der Waals surface area contributed by atoms with Gasteiger partial charge in [0.1, 0.15) is 5.75 Å². The predicted octanol–water partition coefficient (Wildman–Crippen LogP) is 3.90. The van der Waals surface area contributed by atoms with Gasteiger partial charge in [0, 0.05) is 18.7 Å². The van der Waals surface area contributed by atoms with E-state index >= 15 is 0 Å². The highest BCUT2D eigenvalue weighted by molar-refractivity contribution is 7.99. The van der Waals surface area contributed by atoms with E-state index in [4.69, 9.17) is 9.15 Å². The fourth-order valence-electron chi connectivity index (χ4n) is 3.03. The molecule has 0 fully saturated rings. The second-order valence-electron chi connectivity index (χ2n) is 6.75. The number of sulfonamides is 1. The van der Waals surface area contributed by atoms with Crippen LogP contribution < -0.4 is 10.1 Å². The van der Waals surface area contributed by atoms with Gasteiger partial charge in [0.25, 0.3) is 5.22 Å². The molecule has 1 N–H and O–H groups in total. The molecule has 1 aromatic heterocycles. The second kappa shape index (κ2) is 11.3. The van der Waals surface area contributed by atoms with Gasteiger partial charge in [-0.3, -0.25) is 4.79 Å². The van der Waals surface area contributed by atoms with Gasteiger partial charge < -0.3 is 14.5 Å². The zero-order valence-electron chi connectivity index (χ0n) is 18.6. The number of anilines is 1. The van der Waals surface area contributed by atoms with Gasteiger partial charge in [-0.25, -0.2) is 8.42 Å². The molecule has 1 amide bonds. The number of rotatable bonds is 11. The molecule has 33 heavy (non-hydrogen) atoms. The number of ether oxygens (including phenoxy) is 1. The van der Waals surface area contributed by atoms with Gasteiger partial charge in [0.05, 0.1) is 22.9 Å². The number of hydrogen-bond acceptors (Lipinski definition) is 8. The van der Waals surface area contributed by atoms with Crippen LogP contribution in [0, 0.1) is 0 Å². The number of carbonyl (C=O) groups excluding carboxylic acids is 1. The molecule has 0 bridgehead atoms. The molecule has 176 valence electrons. The van der Waals surface area contributed by atoms with Crippen LogP contribution in [-0.2, 0) is 14.8 Å². The summed E-state index contributed by atoms with van der Waals surface area (Å²) < 4.78 is 37.7. The highest BCUT2D eigenvalue weighted by Gasteiger charge is 2.22. The molecule has 0 atom stereocenters. The van der Waals surface area contributed by atoms with Crippen molar-refractivity contribution in [2.75, 3.05) is 30.8 Å². The van der Waals surface area contributed by atoms with E-state index in [1.165, 1.54) is 16.4 Å². The van der Waals surface area contributed by atoms with Crippen molar-refractivity contribution in [3.63, 3.8) is 0 Å². The van der Waals surface area contributed by atoms with Crippen LogP contribution in [0.25, 0.3) is 11.5 Å². The van der Waals surface area contributed by atoms with Crippen molar-refractivity contribution in [2.45, 2.75) is 30.9 Å². The predicted molar refractivity (Wildman–Crippen MR) is 127 cm³/mol. The maximum Gasteiger partial charge on any atom is 0.277 e. The lowest BCUT2D eigenvalue weighted by Gasteiger charge is -2.18. The van der Waals surface area contributed by atoms with Gasteiger partial charge in [-0.15, -0.1) is 10.2 Å². The van der Waals surface area contributed by atoms with Crippen molar-refractivity contribution in [2.24, 2.45) is 0 Å². The zero-order valence-corrected chi connectivity index (χ0v) is 20.3. The Kier molecular flexibility index (Phi) is 8.48. The number of carbonyl (C=O) groups is 1. The normalized spacial score (nSPS) is 11.5. The van der Waals surface area contributed by atoms with Crippen LogP contribution in [0.3, 0.4) is 0 Å². The summed E-state index contributed by atoms with van der Waals surface area (Å²) in [5.74, 6) is 0.678. The van der Waals surface area contributed by atoms with Crippen LogP contribution in [0.4, 0.5) is 5.69 Å². The minimum absolute atomic E-state index is 0.0726. The molecule has 2 aromatic carbocycles. The lowest BCUT2D eigenvalue weighted by Crippen LogP contribution is -2.30. The molecule has 0 aliphatic rings. The van der Waals surface area contributed by atoms with E-state index in [0.717, 1.165) is 11.8 Å². The van der Waals surface area contributed by atoms with E-state index in [1.807, 2.05) is 19.1 Å². The summed E-state index contributed by atoms with van der Waals surface area (Å²) in [7, 11) is -3.54. The first kappa shape index (κ1) is 24.7. The van der Waals surface area contributed by atoms with Crippen molar-refractivity contribution in [1.29, 1.82) is 0 Å². The van der Waals surface area contributed by atoms with Crippen molar-refractivity contribution in [1.82, 2.24) is 14.5 Å². The Balaban J connectivity index is 1.62. The number of aromatic nitrogens is 2. The molecule has 3 aromatic rings. The summed E-state index contributed by atoms with van der Waals surface area (Å²) in [4.78, 5) is 12.5. The van der Waals surface area contributed by atoms with Gasteiger partial charge in [0.2, 0.25) is 21.8 Å². The topological polar surface area (TPSA) is 115 Å². The van der Waals surface area contributed by atoms with E-state index in [1.54, 1.807) is 38.1 Å². The maximum atomic E-state index is 12.6. The second-order valence-corrected chi connectivity index (χ2v) is 9.62. The average Bonchev–Trinajstić information content (AvgIpc) is 3.29. The molecule has 3 rings (SSSR count). The molecular weight excluding hydrogens is 464 g/mol. The lowest BCUT2D eigenvalue weighted by molar-refractivity contribution is -0.113. The quantitative estimate of drug-likeness (QED) is 0.403. The number of benzene rings is 2. The van der Waals surface area contributed by atoms with E-state index in [0.29, 0.717) is 36.7 Å². The number of nitrogens with zero attached hydrogens (tertiary/aromatic N) is 3. The monoisotopic (exact) mass is 490 g/mol. The highest BCUT2D eigenvalue weighted by atomic mass is 32.2. The Labute approximate surface area is 197 Å². The summed E-state index contributed by atoms with van der Waals surface area (Å²) >= 11 is 1.10. The van der Waals surface area contributed by atoms with Crippen LogP contribution in [0.2, 0.25) is 0 Å². The van der Waals surface area contributed by atoms with Crippen LogP contribution in [0.5, 0.6) is 5.75 Å². The molecule has 0 aliphatic carbocycles. The van der Waals surface area contributed by atoms with E-state index < -0.39 is 10.0 Å². The third kappa shape index (κ3) is 6.12. The largest absolute Gasteiger partial charge is 0.492 e. The van der Waals surface area contributed by atoms with Gasteiger partial charge in [-0.05, 0) is 43.3 Å². The smallest absolute Gasteiger partial charge is 0.277 e. The third-order valence-electron chi connectivity index (χ3n) is 4.64. The summed E-state index contributed by atoms with van der Waals surface area (Å²) in [5.41, 5.74) is 1.18. The molecule has 0 aliphatic heterocycles. The average molecular weight is 491 g/mol. The highest BCUT2D eigenvalue weighted by Crippen LogP contribution is 2.27. The van der Waals surface area contributed by atoms with E-state index in [-0.39, 0.29) is 27.7 Å². The lowest BCUT2D eigenvalue weighted by atomic mass is 10.2. The minimum Gasteiger partial charge on any atom is -0.492 e. The van der Waals surface area contributed by atoms with Crippen molar-refractivity contribution in [3.05, 3.63) is 48.5 Å². The number of para-hydroxylation sites is 2. The molecular formula is C22H26N4O5S2. The van der Waals surface area contributed by atoms with Crippen molar-refractivity contribution in [3.8, 4) is 17.2 Å². The summed E-state index contributed by atoms with van der Waals surface area (Å²) in [5, 5.41) is 11.0. The van der Waals surface area contributed by atoms with E-state index in [2.05, 4.69) is 15.5 Å². The fourth-order valence-corrected chi connectivity index (χ4v) is 5.05. The number of amides is 1. The molecule has 0 radical (unpaired) electrons. The summed E-state index contributed by atoms with van der Waals surface area (Å²) in [6.45, 7) is 6.76. The maximum absolute atomic E-state index is 12.6. The number of hydrogen-bond donors (Lipinski definition) is 1. The molecule has 9 nitrogen and oxygen atoms in total. The van der Waals surface area contributed by atoms with Gasteiger partial charge >= 0.3 is 0 Å². The SMILES string of the molecule is CCOc1ccccc1NC(=O)CSc1nnc(-c2ccc(S(=O)(=O)N(CC)CC)cc2)o1. The first-order chi connectivity index (χ1) is 15.9. The Morgan fingerprint density at radius 2 is 1.76 bits per heavy atom. The standard InChI is InChI=1S/C22H26N4O5S2/c1-4-26(5-2)33(28,29)17-13-11-16(12-14-17)21-24-25-22(31-21)32-15-20(27)23-18-9-7-8-10-19(18)30-6-3/h7-14H,4-6,15H2,1-3H3,(H,23,27). The summed E-state index contributed by atoms with van der Waals surface area (Å²) in [6, 6.07) is 13.5. The van der Waals surface area contributed by atoms with Crippen molar-refractivity contribution >= 4 is 33.4 Å². The first-order valence-corrected chi connectivity index (χ1v) is 12.9. The van der Waals surface area contributed by atoms with Gasteiger partial charge in [-0.1, -0.05) is 37.7 Å². The van der Waals surface area contributed by atoms with E-state index in [9.17, 15) is 13.2 Å². The molecule has 0 spiro atoms. The third-order valence-corrected chi connectivity index (χ3v) is 7.52. The molecule has 11 heteroatoms. The summed E-state index contributed by atoms with van der Waals surface area (Å²) in [6.07, 6.45) is 0. The Hall–Kier alpha value is -2.89. The molecule has 0 unspecified atom stereocenters. The Bertz CT molecular complexity index is 1180. The van der Waals surface area contributed by atoms with Crippen LogP contribution in [0.1, 0.15) is 20.8 Å².